The first-order chi connectivity index (χ1) is 11.5. The van der Waals surface area contributed by atoms with Crippen LogP contribution >= 0.6 is 11.3 Å². The summed E-state index contributed by atoms with van der Waals surface area (Å²) >= 11 is 1.14. The molecule has 120 valence electrons. The van der Waals surface area contributed by atoms with Gasteiger partial charge in [-0.3, -0.25) is 4.79 Å². The molecule has 1 heterocycles. The molecule has 1 aromatic heterocycles. The number of thiazole rings is 1. The van der Waals surface area contributed by atoms with Gasteiger partial charge in [0.2, 0.25) is 0 Å². The molecular weight excluding hydrogens is 324 g/mol. The summed E-state index contributed by atoms with van der Waals surface area (Å²) < 4.78 is 0. The van der Waals surface area contributed by atoms with Crippen molar-refractivity contribution >= 4 is 28.9 Å². The van der Waals surface area contributed by atoms with E-state index in [1.54, 1.807) is 31.2 Å². The van der Waals surface area contributed by atoms with E-state index in [1.165, 1.54) is 0 Å². The number of anilines is 1. The summed E-state index contributed by atoms with van der Waals surface area (Å²) in [5.41, 5.74) is 2.57. The molecule has 0 aliphatic heterocycles. The number of hydrogen-bond acceptors (Lipinski definition) is 4. The molecule has 3 aromatic rings. The van der Waals surface area contributed by atoms with Crippen LogP contribution in [0.25, 0.3) is 10.6 Å². The summed E-state index contributed by atoms with van der Waals surface area (Å²) in [6.07, 6.45) is 0. The maximum Gasteiger partial charge on any atom is 0.347 e. The van der Waals surface area contributed by atoms with E-state index in [4.69, 9.17) is 5.11 Å². The highest BCUT2D eigenvalue weighted by atomic mass is 32.1. The lowest BCUT2D eigenvalue weighted by atomic mass is 10.2. The van der Waals surface area contributed by atoms with Crippen LogP contribution < -0.4 is 5.32 Å². The number of aryl methyl sites for hydroxylation is 1. The highest BCUT2D eigenvalue weighted by Gasteiger charge is 2.15. The number of nitrogens with zero attached hydrogens (tertiary/aromatic N) is 1. The largest absolute Gasteiger partial charge is 0.477 e. The molecule has 0 saturated heterocycles. The molecule has 6 heteroatoms. The summed E-state index contributed by atoms with van der Waals surface area (Å²) in [6.45, 7) is 1.68. The lowest BCUT2D eigenvalue weighted by Crippen LogP contribution is -2.11. The van der Waals surface area contributed by atoms with Gasteiger partial charge in [0.1, 0.15) is 9.88 Å². The van der Waals surface area contributed by atoms with Gasteiger partial charge in [-0.25, -0.2) is 9.78 Å². The minimum Gasteiger partial charge on any atom is -0.477 e. The van der Waals surface area contributed by atoms with E-state index < -0.39 is 5.97 Å². The van der Waals surface area contributed by atoms with Crippen LogP contribution in [0, 0.1) is 6.92 Å². The Balaban J connectivity index is 1.77. The number of rotatable bonds is 4. The van der Waals surface area contributed by atoms with E-state index in [1.807, 2.05) is 30.3 Å². The van der Waals surface area contributed by atoms with Crippen LogP contribution in [0.2, 0.25) is 0 Å². The van der Waals surface area contributed by atoms with Gasteiger partial charge in [0.15, 0.2) is 0 Å². The molecule has 0 aliphatic rings. The number of carbonyl (C=O) groups is 2. The Labute approximate surface area is 142 Å². The maximum absolute atomic E-state index is 12.1. The Hall–Kier alpha value is -2.99. The molecule has 0 fully saturated rings. The van der Waals surface area contributed by atoms with Gasteiger partial charge in [0.05, 0.1) is 5.69 Å². The lowest BCUT2D eigenvalue weighted by Gasteiger charge is -2.05. The SMILES string of the molecule is Cc1nc(-c2ccc(NC(=O)c3ccccc3)cc2)sc1C(=O)O. The molecule has 24 heavy (non-hydrogen) atoms. The number of benzene rings is 2. The second kappa shape index (κ2) is 6.64. The average Bonchev–Trinajstić information content (AvgIpc) is 2.98. The normalized spacial score (nSPS) is 10.4. The molecule has 0 radical (unpaired) electrons. The average molecular weight is 338 g/mol. The number of aromatic nitrogens is 1. The Morgan fingerprint density at radius 1 is 1.04 bits per heavy atom. The van der Waals surface area contributed by atoms with Crippen LogP contribution in [-0.2, 0) is 0 Å². The van der Waals surface area contributed by atoms with Crippen molar-refractivity contribution in [2.24, 2.45) is 0 Å². The third-order valence-corrected chi connectivity index (χ3v) is 4.61. The Morgan fingerprint density at radius 2 is 1.71 bits per heavy atom. The topological polar surface area (TPSA) is 79.3 Å². The number of aromatic carboxylic acids is 1. The highest BCUT2D eigenvalue weighted by Crippen LogP contribution is 2.28. The summed E-state index contributed by atoms with van der Waals surface area (Å²) in [5.74, 6) is -1.15. The van der Waals surface area contributed by atoms with E-state index in [-0.39, 0.29) is 10.8 Å². The number of carboxylic acid groups (broad SMARTS) is 1. The molecule has 5 nitrogen and oxygen atoms in total. The Morgan fingerprint density at radius 3 is 2.29 bits per heavy atom. The van der Waals surface area contributed by atoms with Crippen LogP contribution in [-0.4, -0.2) is 22.0 Å². The minimum absolute atomic E-state index is 0.179. The zero-order valence-corrected chi connectivity index (χ0v) is 13.6. The molecule has 0 saturated carbocycles. The van der Waals surface area contributed by atoms with Gasteiger partial charge >= 0.3 is 5.97 Å². The number of carbonyl (C=O) groups excluding carboxylic acids is 1. The van der Waals surface area contributed by atoms with Crippen LogP contribution in [0.4, 0.5) is 5.69 Å². The summed E-state index contributed by atoms with van der Waals surface area (Å²) in [6, 6.07) is 16.1. The lowest BCUT2D eigenvalue weighted by molar-refractivity contribution is 0.0701. The zero-order valence-electron chi connectivity index (χ0n) is 12.8. The second-order valence-corrected chi connectivity index (χ2v) is 6.14. The molecule has 0 aliphatic carbocycles. The second-order valence-electron chi connectivity index (χ2n) is 5.14. The fraction of sp³-hybridized carbons (Fsp3) is 0.0556. The summed E-state index contributed by atoms with van der Waals surface area (Å²) in [7, 11) is 0. The number of nitrogens with one attached hydrogen (secondary N) is 1. The molecule has 0 bridgehead atoms. The predicted octanol–water partition coefficient (Wildman–Crippen LogP) is 4.07. The molecule has 0 unspecified atom stereocenters. The zero-order chi connectivity index (χ0) is 17.1. The smallest absolute Gasteiger partial charge is 0.347 e. The van der Waals surface area contributed by atoms with Gasteiger partial charge in [-0.15, -0.1) is 11.3 Å². The fourth-order valence-electron chi connectivity index (χ4n) is 2.21. The first-order valence-corrected chi connectivity index (χ1v) is 8.04. The minimum atomic E-state index is -0.969. The van der Waals surface area contributed by atoms with Gasteiger partial charge < -0.3 is 10.4 Å². The third-order valence-electron chi connectivity index (χ3n) is 3.42. The molecule has 3 rings (SSSR count). The monoisotopic (exact) mass is 338 g/mol. The number of carboxylic acids is 1. The van der Waals surface area contributed by atoms with Crippen molar-refractivity contribution in [2.45, 2.75) is 6.92 Å². The standard InChI is InChI=1S/C18H14N2O3S/c1-11-15(18(22)23)24-17(19-11)13-7-9-14(10-8-13)20-16(21)12-5-3-2-4-6-12/h2-10H,1H3,(H,20,21)(H,22,23). The quantitative estimate of drug-likeness (QED) is 0.751. The molecule has 2 aromatic carbocycles. The number of amides is 1. The van der Waals surface area contributed by atoms with E-state index in [2.05, 4.69) is 10.3 Å². The van der Waals surface area contributed by atoms with Gasteiger partial charge in [-0.05, 0) is 43.3 Å². The molecule has 0 atom stereocenters. The molecular formula is C18H14N2O3S. The van der Waals surface area contributed by atoms with E-state index in [9.17, 15) is 9.59 Å². The Kier molecular flexibility index (Phi) is 4.39. The third kappa shape index (κ3) is 3.33. The van der Waals surface area contributed by atoms with Gasteiger partial charge in [-0.1, -0.05) is 18.2 Å². The van der Waals surface area contributed by atoms with Crippen molar-refractivity contribution in [2.75, 3.05) is 5.32 Å². The van der Waals surface area contributed by atoms with Crippen molar-refractivity contribution in [3.8, 4) is 10.6 Å². The van der Waals surface area contributed by atoms with Crippen molar-refractivity contribution in [3.05, 3.63) is 70.7 Å². The first-order valence-electron chi connectivity index (χ1n) is 7.22. The van der Waals surface area contributed by atoms with E-state index in [0.717, 1.165) is 16.9 Å². The first kappa shape index (κ1) is 15.9. The Bertz CT molecular complexity index is 886. The van der Waals surface area contributed by atoms with Crippen molar-refractivity contribution < 1.29 is 14.7 Å². The predicted molar refractivity (Wildman–Crippen MR) is 93.6 cm³/mol. The summed E-state index contributed by atoms with van der Waals surface area (Å²) in [4.78, 5) is 27.7. The maximum atomic E-state index is 12.1. The molecule has 1 amide bonds. The highest BCUT2D eigenvalue weighted by molar-refractivity contribution is 7.17. The van der Waals surface area contributed by atoms with E-state index in [0.29, 0.717) is 22.0 Å². The molecule has 0 spiro atoms. The van der Waals surface area contributed by atoms with Crippen LogP contribution in [0.5, 0.6) is 0 Å². The van der Waals surface area contributed by atoms with E-state index >= 15 is 0 Å². The van der Waals surface area contributed by atoms with Crippen molar-refractivity contribution in [1.82, 2.24) is 4.98 Å². The summed E-state index contributed by atoms with van der Waals surface area (Å²) in [5, 5.41) is 12.6. The van der Waals surface area contributed by atoms with Crippen molar-refractivity contribution in [1.29, 1.82) is 0 Å². The van der Waals surface area contributed by atoms with Crippen LogP contribution in [0.3, 0.4) is 0 Å². The fourth-order valence-corrected chi connectivity index (χ4v) is 3.12. The number of hydrogen-bond donors (Lipinski definition) is 2. The van der Waals surface area contributed by atoms with Gasteiger partial charge in [0.25, 0.3) is 5.91 Å². The van der Waals surface area contributed by atoms with Crippen molar-refractivity contribution in [3.63, 3.8) is 0 Å². The van der Waals surface area contributed by atoms with Crippen LogP contribution in [0.15, 0.2) is 54.6 Å². The van der Waals surface area contributed by atoms with Gasteiger partial charge in [0, 0.05) is 16.8 Å². The van der Waals surface area contributed by atoms with Crippen LogP contribution in [0.1, 0.15) is 25.7 Å². The molecule has 2 N–H and O–H groups in total. The van der Waals surface area contributed by atoms with Gasteiger partial charge in [-0.2, -0.15) is 0 Å².